The summed E-state index contributed by atoms with van der Waals surface area (Å²) < 4.78 is 5.86. The number of benzene rings is 1. The standard InChI is InChI=1S/C19H24O2/c1-12-15-8-6-5-7-13(15)9-10-14-11-16(14)17(12)21-18(20)19(2,3)4/h5-8,14,16H,9-11H2,1-4H3/b17-12+/t14-,16+/m0/s1. The van der Waals surface area contributed by atoms with Crippen molar-refractivity contribution in [1.82, 2.24) is 0 Å². The second-order valence-electron chi connectivity index (χ2n) is 7.43. The molecule has 0 heterocycles. The van der Waals surface area contributed by atoms with E-state index in [9.17, 15) is 4.79 Å². The maximum absolute atomic E-state index is 12.3. The van der Waals surface area contributed by atoms with Crippen LogP contribution in [0, 0.1) is 17.3 Å². The van der Waals surface area contributed by atoms with Crippen LogP contribution in [0.4, 0.5) is 0 Å². The van der Waals surface area contributed by atoms with E-state index in [-0.39, 0.29) is 5.97 Å². The van der Waals surface area contributed by atoms with E-state index in [2.05, 4.69) is 31.2 Å². The minimum absolute atomic E-state index is 0.124. The van der Waals surface area contributed by atoms with E-state index in [0.717, 1.165) is 24.2 Å². The van der Waals surface area contributed by atoms with Crippen LogP contribution in [-0.4, -0.2) is 5.97 Å². The van der Waals surface area contributed by atoms with Gasteiger partial charge in [0.2, 0.25) is 0 Å². The third-order valence-electron chi connectivity index (χ3n) is 4.65. The Hall–Kier alpha value is -1.57. The summed E-state index contributed by atoms with van der Waals surface area (Å²) in [6.07, 6.45) is 3.50. The van der Waals surface area contributed by atoms with Crippen LogP contribution in [0.15, 0.2) is 30.0 Å². The summed E-state index contributed by atoms with van der Waals surface area (Å²) in [6.45, 7) is 7.83. The van der Waals surface area contributed by atoms with Crippen molar-refractivity contribution >= 4 is 11.5 Å². The topological polar surface area (TPSA) is 26.3 Å². The second kappa shape index (κ2) is 5.01. The van der Waals surface area contributed by atoms with Crippen LogP contribution in [0.5, 0.6) is 0 Å². The molecule has 0 amide bonds. The normalized spacial score (nSPS) is 28.0. The van der Waals surface area contributed by atoms with E-state index in [0.29, 0.717) is 11.8 Å². The highest BCUT2D eigenvalue weighted by Gasteiger charge is 2.44. The zero-order chi connectivity index (χ0) is 15.2. The van der Waals surface area contributed by atoms with Crippen LogP contribution in [0.25, 0.3) is 5.57 Å². The molecule has 112 valence electrons. The number of esters is 1. The van der Waals surface area contributed by atoms with Gasteiger partial charge in [0.25, 0.3) is 0 Å². The van der Waals surface area contributed by atoms with Crippen LogP contribution in [0.2, 0.25) is 0 Å². The highest BCUT2D eigenvalue weighted by molar-refractivity contribution is 5.79. The zero-order valence-electron chi connectivity index (χ0n) is 13.4. The first-order chi connectivity index (χ1) is 9.88. The predicted molar refractivity (Wildman–Crippen MR) is 84.5 cm³/mol. The van der Waals surface area contributed by atoms with Crippen molar-refractivity contribution in [2.75, 3.05) is 0 Å². The van der Waals surface area contributed by atoms with Gasteiger partial charge in [-0.25, -0.2) is 0 Å². The van der Waals surface area contributed by atoms with Crippen molar-refractivity contribution < 1.29 is 9.53 Å². The van der Waals surface area contributed by atoms with Crippen LogP contribution < -0.4 is 0 Å². The third kappa shape index (κ3) is 2.76. The van der Waals surface area contributed by atoms with Gasteiger partial charge in [0.05, 0.1) is 5.41 Å². The van der Waals surface area contributed by atoms with Crippen LogP contribution in [0.3, 0.4) is 0 Å². The number of aryl methyl sites for hydroxylation is 1. The first-order valence-corrected chi connectivity index (χ1v) is 7.89. The molecular weight excluding hydrogens is 260 g/mol. The number of hydrogen-bond acceptors (Lipinski definition) is 2. The van der Waals surface area contributed by atoms with Gasteiger partial charge in [0.15, 0.2) is 0 Å². The Morgan fingerprint density at radius 3 is 2.67 bits per heavy atom. The molecule has 2 heteroatoms. The summed E-state index contributed by atoms with van der Waals surface area (Å²) in [6, 6.07) is 8.51. The van der Waals surface area contributed by atoms with Gasteiger partial charge in [-0.05, 0) is 69.6 Å². The van der Waals surface area contributed by atoms with E-state index >= 15 is 0 Å². The third-order valence-corrected chi connectivity index (χ3v) is 4.65. The van der Waals surface area contributed by atoms with E-state index in [4.69, 9.17) is 4.74 Å². The molecule has 2 atom stereocenters. The molecule has 2 aliphatic rings. The van der Waals surface area contributed by atoms with Crippen molar-refractivity contribution in [1.29, 1.82) is 0 Å². The van der Waals surface area contributed by atoms with E-state index in [1.165, 1.54) is 17.5 Å². The maximum Gasteiger partial charge on any atom is 0.316 e. The van der Waals surface area contributed by atoms with Crippen molar-refractivity contribution in [3.63, 3.8) is 0 Å². The lowest BCUT2D eigenvalue weighted by atomic mass is 9.91. The van der Waals surface area contributed by atoms with E-state index in [1.54, 1.807) is 0 Å². The fourth-order valence-electron chi connectivity index (χ4n) is 3.15. The van der Waals surface area contributed by atoms with E-state index in [1.807, 2.05) is 20.8 Å². The van der Waals surface area contributed by atoms with Crippen molar-refractivity contribution in [3.8, 4) is 0 Å². The molecule has 3 rings (SSSR count). The SMILES string of the molecule is C/C1=C(\OC(=O)C(C)(C)C)[C@@H]2C[C@@H]2CCc2ccccc21. The molecule has 1 fully saturated rings. The Morgan fingerprint density at radius 2 is 1.95 bits per heavy atom. The molecule has 0 N–H and O–H groups in total. The lowest BCUT2D eigenvalue weighted by Crippen LogP contribution is -2.24. The Morgan fingerprint density at radius 1 is 1.24 bits per heavy atom. The molecule has 0 saturated heterocycles. The highest BCUT2D eigenvalue weighted by atomic mass is 16.5. The number of rotatable bonds is 1. The lowest BCUT2D eigenvalue weighted by Gasteiger charge is -2.22. The number of fused-ring (bicyclic) bond motifs is 2. The Balaban J connectivity index is 2.00. The van der Waals surface area contributed by atoms with Crippen LogP contribution in [0.1, 0.15) is 51.7 Å². The molecule has 0 radical (unpaired) electrons. The molecule has 2 aliphatic carbocycles. The van der Waals surface area contributed by atoms with Crippen molar-refractivity contribution in [2.45, 2.75) is 47.0 Å². The molecule has 0 aliphatic heterocycles. The molecule has 0 unspecified atom stereocenters. The van der Waals surface area contributed by atoms with Gasteiger partial charge in [-0.2, -0.15) is 0 Å². The number of ether oxygens (including phenoxy) is 1. The number of carbonyl (C=O) groups is 1. The average molecular weight is 284 g/mol. The Bertz CT molecular complexity index is 604. The highest BCUT2D eigenvalue weighted by Crippen LogP contribution is 2.51. The fraction of sp³-hybridized carbons (Fsp3) is 0.526. The lowest BCUT2D eigenvalue weighted by molar-refractivity contribution is -0.148. The van der Waals surface area contributed by atoms with Gasteiger partial charge < -0.3 is 4.74 Å². The molecule has 0 aromatic heterocycles. The van der Waals surface area contributed by atoms with Crippen molar-refractivity contribution in [2.24, 2.45) is 17.3 Å². The van der Waals surface area contributed by atoms with Crippen molar-refractivity contribution in [3.05, 3.63) is 41.2 Å². The van der Waals surface area contributed by atoms with Crippen LogP contribution in [-0.2, 0) is 16.0 Å². The number of allylic oxidation sites excluding steroid dienone is 2. The van der Waals surface area contributed by atoms with E-state index < -0.39 is 5.41 Å². The summed E-state index contributed by atoms with van der Waals surface area (Å²) in [4.78, 5) is 12.3. The van der Waals surface area contributed by atoms with Crippen LogP contribution >= 0.6 is 0 Å². The predicted octanol–water partition coefficient (Wildman–Crippen LogP) is 4.59. The Kier molecular flexibility index (Phi) is 3.43. The number of carbonyl (C=O) groups excluding carboxylic acids is 1. The quantitative estimate of drug-likeness (QED) is 0.705. The summed E-state index contributed by atoms with van der Waals surface area (Å²) in [5, 5.41) is 0. The summed E-state index contributed by atoms with van der Waals surface area (Å²) in [5.41, 5.74) is 3.32. The largest absolute Gasteiger partial charge is 0.430 e. The molecule has 1 saturated carbocycles. The summed E-state index contributed by atoms with van der Waals surface area (Å²) in [5.74, 6) is 1.94. The first-order valence-electron chi connectivity index (χ1n) is 7.89. The molecule has 1 aromatic carbocycles. The molecule has 0 bridgehead atoms. The maximum atomic E-state index is 12.3. The molecule has 21 heavy (non-hydrogen) atoms. The summed E-state index contributed by atoms with van der Waals surface area (Å²) >= 11 is 0. The smallest absolute Gasteiger partial charge is 0.316 e. The van der Waals surface area contributed by atoms with Gasteiger partial charge >= 0.3 is 5.97 Å². The van der Waals surface area contributed by atoms with Gasteiger partial charge in [-0.3, -0.25) is 4.79 Å². The number of hydrogen-bond donors (Lipinski definition) is 0. The molecular formula is C19H24O2. The second-order valence-corrected chi connectivity index (χ2v) is 7.43. The molecule has 0 spiro atoms. The minimum atomic E-state index is -0.459. The first kappa shape index (κ1) is 14.4. The summed E-state index contributed by atoms with van der Waals surface area (Å²) in [7, 11) is 0. The molecule has 1 aromatic rings. The Labute approximate surface area is 127 Å². The van der Waals surface area contributed by atoms with Gasteiger partial charge in [0.1, 0.15) is 5.76 Å². The monoisotopic (exact) mass is 284 g/mol. The molecule has 2 nitrogen and oxygen atoms in total. The average Bonchev–Trinajstić information content (AvgIpc) is 3.18. The van der Waals surface area contributed by atoms with Gasteiger partial charge in [-0.15, -0.1) is 0 Å². The minimum Gasteiger partial charge on any atom is -0.430 e. The zero-order valence-corrected chi connectivity index (χ0v) is 13.4. The fourth-order valence-corrected chi connectivity index (χ4v) is 3.15. The van der Waals surface area contributed by atoms with Gasteiger partial charge in [-0.1, -0.05) is 24.3 Å². The van der Waals surface area contributed by atoms with Gasteiger partial charge in [0, 0.05) is 5.92 Å².